The molecule has 1 unspecified atom stereocenters. The summed E-state index contributed by atoms with van der Waals surface area (Å²) >= 11 is 5.86. The Balaban J connectivity index is 0.00000220. The molecule has 2 aromatic rings. The van der Waals surface area contributed by atoms with E-state index in [2.05, 4.69) is 20.8 Å². The largest absolute Gasteiger partial charge is 0.350 e. The van der Waals surface area contributed by atoms with Crippen molar-refractivity contribution in [2.45, 2.75) is 13.0 Å². The predicted molar refractivity (Wildman–Crippen MR) is 87.1 cm³/mol. The first-order chi connectivity index (χ1) is 9.61. The third-order valence-electron chi connectivity index (χ3n) is 3.08. The molecule has 1 aromatic heterocycles. The summed E-state index contributed by atoms with van der Waals surface area (Å²) in [5, 5.41) is 13.4. The summed E-state index contributed by atoms with van der Waals surface area (Å²) in [6.07, 6.45) is 1.53. The number of H-pyrrole nitrogens is 1. The van der Waals surface area contributed by atoms with Crippen molar-refractivity contribution in [2.75, 3.05) is 13.6 Å². The van der Waals surface area contributed by atoms with Crippen LogP contribution < -0.4 is 10.6 Å². The molecule has 0 radical (unpaired) electrons. The van der Waals surface area contributed by atoms with E-state index in [0.29, 0.717) is 22.8 Å². The van der Waals surface area contributed by atoms with E-state index in [-0.39, 0.29) is 24.4 Å². The number of benzene rings is 1. The lowest BCUT2D eigenvalue weighted by atomic mass is 10.1. The molecular formula is C14H18Cl2N4O. The molecule has 0 bridgehead atoms. The zero-order valence-corrected chi connectivity index (χ0v) is 13.4. The van der Waals surface area contributed by atoms with Gasteiger partial charge in [-0.2, -0.15) is 5.10 Å². The minimum Gasteiger partial charge on any atom is -0.350 e. The topological polar surface area (TPSA) is 69.8 Å². The van der Waals surface area contributed by atoms with Gasteiger partial charge in [-0.1, -0.05) is 23.7 Å². The monoisotopic (exact) mass is 328 g/mol. The van der Waals surface area contributed by atoms with Crippen LogP contribution in [0, 0.1) is 0 Å². The number of rotatable bonds is 5. The van der Waals surface area contributed by atoms with Gasteiger partial charge in [0.25, 0.3) is 5.91 Å². The van der Waals surface area contributed by atoms with Crippen LogP contribution in [0.3, 0.4) is 0 Å². The molecule has 0 aliphatic carbocycles. The number of aromatic nitrogens is 2. The maximum absolute atomic E-state index is 12.2. The minimum atomic E-state index is -0.147. The van der Waals surface area contributed by atoms with Crippen molar-refractivity contribution < 1.29 is 4.79 Å². The number of likely N-dealkylation sites (N-methyl/N-ethyl adjacent to an activating group) is 1. The summed E-state index contributed by atoms with van der Waals surface area (Å²) < 4.78 is 0. The molecule has 21 heavy (non-hydrogen) atoms. The first-order valence-corrected chi connectivity index (χ1v) is 6.74. The lowest BCUT2D eigenvalue weighted by Gasteiger charge is -2.11. The van der Waals surface area contributed by atoms with Crippen LogP contribution in [0.25, 0.3) is 11.3 Å². The SMILES string of the molecule is CNC(C)CNC(=O)c1cn[nH]c1-c1ccc(Cl)cc1.Cl. The molecule has 1 atom stereocenters. The second-order valence-electron chi connectivity index (χ2n) is 4.57. The van der Waals surface area contributed by atoms with Gasteiger partial charge in [-0.3, -0.25) is 9.89 Å². The molecule has 114 valence electrons. The van der Waals surface area contributed by atoms with Crippen LogP contribution in [-0.4, -0.2) is 35.7 Å². The van der Waals surface area contributed by atoms with Crippen LogP contribution in [0.2, 0.25) is 5.02 Å². The summed E-state index contributed by atoms with van der Waals surface area (Å²) in [6, 6.07) is 7.47. The average Bonchev–Trinajstić information content (AvgIpc) is 2.94. The molecular weight excluding hydrogens is 311 g/mol. The molecule has 3 N–H and O–H groups in total. The Morgan fingerprint density at radius 3 is 2.67 bits per heavy atom. The van der Waals surface area contributed by atoms with Crippen LogP contribution in [0.5, 0.6) is 0 Å². The van der Waals surface area contributed by atoms with Crippen LogP contribution in [0.15, 0.2) is 30.5 Å². The molecule has 0 saturated carbocycles. The second kappa shape index (κ2) is 8.02. The van der Waals surface area contributed by atoms with E-state index >= 15 is 0 Å². The van der Waals surface area contributed by atoms with Crippen molar-refractivity contribution in [3.05, 3.63) is 41.0 Å². The number of amides is 1. The van der Waals surface area contributed by atoms with E-state index in [1.54, 1.807) is 12.1 Å². The summed E-state index contributed by atoms with van der Waals surface area (Å²) in [6.45, 7) is 2.55. The molecule has 1 amide bonds. The van der Waals surface area contributed by atoms with E-state index in [0.717, 1.165) is 5.56 Å². The van der Waals surface area contributed by atoms with Gasteiger partial charge in [-0.05, 0) is 26.1 Å². The number of hydrogen-bond acceptors (Lipinski definition) is 3. The van der Waals surface area contributed by atoms with Gasteiger partial charge in [0, 0.05) is 23.2 Å². The third-order valence-corrected chi connectivity index (χ3v) is 3.33. The van der Waals surface area contributed by atoms with Crippen molar-refractivity contribution in [3.63, 3.8) is 0 Å². The van der Waals surface area contributed by atoms with Crippen LogP contribution >= 0.6 is 24.0 Å². The molecule has 0 spiro atoms. The van der Waals surface area contributed by atoms with Gasteiger partial charge in [0.15, 0.2) is 0 Å². The fraction of sp³-hybridized carbons (Fsp3) is 0.286. The Bertz CT molecular complexity index is 583. The number of carbonyl (C=O) groups excluding carboxylic acids is 1. The number of aromatic amines is 1. The third kappa shape index (κ3) is 4.46. The van der Waals surface area contributed by atoms with Gasteiger partial charge < -0.3 is 10.6 Å². The Kier molecular flexibility index (Phi) is 6.68. The van der Waals surface area contributed by atoms with Crippen molar-refractivity contribution >= 4 is 29.9 Å². The first-order valence-electron chi connectivity index (χ1n) is 6.36. The fourth-order valence-electron chi connectivity index (χ4n) is 1.74. The van der Waals surface area contributed by atoms with Crippen molar-refractivity contribution in [3.8, 4) is 11.3 Å². The Morgan fingerprint density at radius 1 is 1.38 bits per heavy atom. The number of halogens is 2. The molecule has 1 aromatic carbocycles. The van der Waals surface area contributed by atoms with Crippen LogP contribution in [-0.2, 0) is 0 Å². The number of hydrogen-bond donors (Lipinski definition) is 3. The predicted octanol–water partition coefficient (Wildman–Crippen LogP) is 2.49. The van der Waals surface area contributed by atoms with E-state index < -0.39 is 0 Å². The van der Waals surface area contributed by atoms with Gasteiger partial charge in [0.1, 0.15) is 0 Å². The zero-order chi connectivity index (χ0) is 14.5. The lowest BCUT2D eigenvalue weighted by Crippen LogP contribution is -2.37. The number of nitrogens with one attached hydrogen (secondary N) is 3. The first kappa shape index (κ1) is 17.5. The van der Waals surface area contributed by atoms with E-state index in [1.165, 1.54) is 6.20 Å². The molecule has 0 fully saturated rings. The summed E-state index contributed by atoms with van der Waals surface area (Å²) in [5.74, 6) is -0.147. The molecule has 0 saturated heterocycles. The molecule has 7 heteroatoms. The second-order valence-corrected chi connectivity index (χ2v) is 5.00. The quantitative estimate of drug-likeness (QED) is 0.789. The molecule has 0 aliphatic heterocycles. The highest BCUT2D eigenvalue weighted by molar-refractivity contribution is 6.30. The maximum Gasteiger partial charge on any atom is 0.255 e. The van der Waals surface area contributed by atoms with Gasteiger partial charge >= 0.3 is 0 Å². The van der Waals surface area contributed by atoms with Crippen molar-refractivity contribution in [1.29, 1.82) is 0 Å². The summed E-state index contributed by atoms with van der Waals surface area (Å²) in [7, 11) is 1.85. The molecule has 5 nitrogen and oxygen atoms in total. The Hall–Kier alpha value is -1.56. The molecule has 1 heterocycles. The maximum atomic E-state index is 12.2. The number of carbonyl (C=O) groups is 1. The van der Waals surface area contributed by atoms with Gasteiger partial charge in [0.2, 0.25) is 0 Å². The summed E-state index contributed by atoms with van der Waals surface area (Å²) in [5.41, 5.74) is 2.09. The highest BCUT2D eigenvalue weighted by atomic mass is 35.5. The highest BCUT2D eigenvalue weighted by Gasteiger charge is 2.15. The standard InChI is InChI=1S/C14H17ClN4O.ClH/c1-9(16-2)7-17-14(20)12-8-18-19-13(12)10-3-5-11(15)6-4-10;/h3-6,8-9,16H,7H2,1-2H3,(H,17,20)(H,18,19);1H. The van der Waals surface area contributed by atoms with E-state index in [1.807, 2.05) is 26.1 Å². The zero-order valence-electron chi connectivity index (χ0n) is 11.8. The van der Waals surface area contributed by atoms with E-state index in [9.17, 15) is 4.79 Å². The van der Waals surface area contributed by atoms with Gasteiger partial charge in [-0.15, -0.1) is 12.4 Å². The summed E-state index contributed by atoms with van der Waals surface area (Å²) in [4.78, 5) is 12.2. The normalized spacial score (nSPS) is 11.6. The van der Waals surface area contributed by atoms with Crippen molar-refractivity contribution in [2.24, 2.45) is 0 Å². The van der Waals surface area contributed by atoms with Crippen LogP contribution in [0.1, 0.15) is 17.3 Å². The Labute approximate surface area is 134 Å². The minimum absolute atomic E-state index is 0. The average molecular weight is 329 g/mol. The molecule has 2 rings (SSSR count). The van der Waals surface area contributed by atoms with Gasteiger partial charge in [-0.25, -0.2) is 0 Å². The fourth-order valence-corrected chi connectivity index (χ4v) is 1.86. The van der Waals surface area contributed by atoms with Gasteiger partial charge in [0.05, 0.1) is 17.5 Å². The van der Waals surface area contributed by atoms with Crippen molar-refractivity contribution in [1.82, 2.24) is 20.8 Å². The highest BCUT2D eigenvalue weighted by Crippen LogP contribution is 2.22. The van der Waals surface area contributed by atoms with E-state index in [4.69, 9.17) is 11.6 Å². The molecule has 0 aliphatic rings. The van der Waals surface area contributed by atoms with Crippen LogP contribution in [0.4, 0.5) is 0 Å². The lowest BCUT2D eigenvalue weighted by molar-refractivity contribution is 0.0951. The Morgan fingerprint density at radius 2 is 2.05 bits per heavy atom. The smallest absolute Gasteiger partial charge is 0.255 e. The number of nitrogens with zero attached hydrogens (tertiary/aromatic N) is 1.